The van der Waals surface area contributed by atoms with Crippen LogP contribution in [0.1, 0.15) is 78.8 Å². The van der Waals surface area contributed by atoms with Gasteiger partial charge in [0, 0.05) is 6.42 Å². The number of amides is 1. The number of hydrogen-bond acceptors (Lipinski definition) is 5. The van der Waals surface area contributed by atoms with Crippen LogP contribution in [-0.2, 0) is 9.53 Å². The number of esters is 1. The first-order valence-electron chi connectivity index (χ1n) is 8.55. The fourth-order valence-corrected chi connectivity index (χ4v) is 3.29. The Morgan fingerprint density at radius 3 is 2.42 bits per heavy atom. The Labute approximate surface area is 141 Å². The summed E-state index contributed by atoms with van der Waals surface area (Å²) in [6.45, 7) is 4.81. The number of carbonyl (C=O) groups excluding carboxylic acids is 3. The molecule has 1 aromatic heterocycles. The standard InChI is InChI=1S/C18H25NO5/c1-4-23-18(22)16-15(11(2)20)12(3)24-17(16)19-14(21)10-13-8-6-5-7-9-13/h13H,4-10H2,1-3H3,(H,19,21). The summed E-state index contributed by atoms with van der Waals surface area (Å²) in [5.74, 6) is -0.473. The molecule has 0 bridgehead atoms. The lowest BCUT2D eigenvalue weighted by Crippen LogP contribution is -2.20. The van der Waals surface area contributed by atoms with Crippen LogP contribution in [0, 0.1) is 12.8 Å². The van der Waals surface area contributed by atoms with Crippen molar-refractivity contribution in [2.75, 3.05) is 11.9 Å². The smallest absolute Gasteiger partial charge is 0.344 e. The van der Waals surface area contributed by atoms with Crippen LogP contribution in [0.25, 0.3) is 0 Å². The first-order chi connectivity index (χ1) is 11.4. The predicted molar refractivity (Wildman–Crippen MR) is 89.2 cm³/mol. The van der Waals surface area contributed by atoms with E-state index in [9.17, 15) is 14.4 Å². The van der Waals surface area contributed by atoms with E-state index in [-0.39, 0.29) is 35.3 Å². The SMILES string of the molecule is CCOC(=O)c1c(NC(=O)CC2CCCCC2)oc(C)c1C(C)=O. The van der Waals surface area contributed by atoms with E-state index in [2.05, 4.69) is 5.32 Å². The van der Waals surface area contributed by atoms with Gasteiger partial charge in [-0.05, 0) is 39.5 Å². The maximum Gasteiger partial charge on any atom is 0.344 e. The summed E-state index contributed by atoms with van der Waals surface area (Å²) < 4.78 is 10.5. The first-order valence-corrected chi connectivity index (χ1v) is 8.55. The van der Waals surface area contributed by atoms with E-state index in [1.165, 1.54) is 13.3 Å². The molecule has 1 aliphatic carbocycles. The lowest BCUT2D eigenvalue weighted by molar-refractivity contribution is -0.117. The second-order valence-corrected chi connectivity index (χ2v) is 6.27. The van der Waals surface area contributed by atoms with Crippen molar-refractivity contribution in [1.29, 1.82) is 0 Å². The van der Waals surface area contributed by atoms with Crippen LogP contribution in [0.2, 0.25) is 0 Å². The Kier molecular flexibility index (Phi) is 6.17. The Morgan fingerprint density at radius 1 is 1.17 bits per heavy atom. The zero-order valence-electron chi connectivity index (χ0n) is 14.6. The number of aryl methyl sites for hydroxylation is 1. The van der Waals surface area contributed by atoms with Crippen LogP contribution in [0.5, 0.6) is 0 Å². The fourth-order valence-electron chi connectivity index (χ4n) is 3.29. The molecule has 0 atom stereocenters. The quantitative estimate of drug-likeness (QED) is 0.630. The number of ether oxygens (including phenoxy) is 1. The van der Waals surface area contributed by atoms with Gasteiger partial charge in [-0.1, -0.05) is 19.3 Å². The second-order valence-electron chi connectivity index (χ2n) is 6.27. The molecular weight excluding hydrogens is 310 g/mol. The van der Waals surface area contributed by atoms with Gasteiger partial charge in [0.05, 0.1) is 12.2 Å². The van der Waals surface area contributed by atoms with Crippen LogP contribution in [0.4, 0.5) is 5.88 Å². The molecule has 1 aromatic rings. The Balaban J connectivity index is 2.19. The molecule has 6 heteroatoms. The van der Waals surface area contributed by atoms with E-state index in [0.29, 0.717) is 18.1 Å². The molecule has 6 nitrogen and oxygen atoms in total. The maximum absolute atomic E-state index is 12.3. The van der Waals surface area contributed by atoms with Crippen molar-refractivity contribution in [3.8, 4) is 0 Å². The minimum Gasteiger partial charge on any atom is -0.462 e. The summed E-state index contributed by atoms with van der Waals surface area (Å²) in [5.41, 5.74) is 0.181. The number of ketones is 1. The van der Waals surface area contributed by atoms with Crippen LogP contribution >= 0.6 is 0 Å². The molecule has 1 fully saturated rings. The predicted octanol–water partition coefficient (Wildman–Crippen LogP) is 3.88. The summed E-state index contributed by atoms with van der Waals surface area (Å²) in [4.78, 5) is 36.3. The van der Waals surface area contributed by atoms with Gasteiger partial charge in [0.2, 0.25) is 11.8 Å². The van der Waals surface area contributed by atoms with Crippen molar-refractivity contribution in [1.82, 2.24) is 0 Å². The molecule has 1 heterocycles. The number of hydrogen-bond donors (Lipinski definition) is 1. The number of Topliss-reactive ketones (excluding diaryl/α,β-unsaturated/α-hetero) is 1. The van der Waals surface area contributed by atoms with Crippen molar-refractivity contribution in [3.63, 3.8) is 0 Å². The lowest BCUT2D eigenvalue weighted by Gasteiger charge is -2.20. The fraction of sp³-hybridized carbons (Fsp3) is 0.611. The highest BCUT2D eigenvalue weighted by Gasteiger charge is 2.29. The second kappa shape index (κ2) is 8.13. The molecular formula is C18H25NO5. The molecule has 2 rings (SSSR count). The van der Waals surface area contributed by atoms with Crippen molar-refractivity contribution in [2.45, 2.75) is 59.3 Å². The average molecular weight is 335 g/mol. The summed E-state index contributed by atoms with van der Waals surface area (Å²) >= 11 is 0. The third-order valence-electron chi connectivity index (χ3n) is 4.37. The molecule has 1 amide bonds. The van der Waals surface area contributed by atoms with Crippen molar-refractivity contribution in [2.24, 2.45) is 5.92 Å². The minimum absolute atomic E-state index is 0.0111. The Bertz CT molecular complexity index is 626. The molecule has 0 aliphatic heterocycles. The van der Waals surface area contributed by atoms with E-state index in [0.717, 1.165) is 25.7 Å². The van der Waals surface area contributed by atoms with E-state index in [1.807, 2.05) is 0 Å². The minimum atomic E-state index is -0.660. The monoisotopic (exact) mass is 335 g/mol. The van der Waals surface area contributed by atoms with Crippen LogP contribution < -0.4 is 5.32 Å². The van der Waals surface area contributed by atoms with E-state index in [4.69, 9.17) is 9.15 Å². The van der Waals surface area contributed by atoms with Gasteiger partial charge in [-0.3, -0.25) is 14.9 Å². The highest BCUT2D eigenvalue weighted by Crippen LogP contribution is 2.30. The van der Waals surface area contributed by atoms with Gasteiger partial charge in [-0.25, -0.2) is 4.79 Å². The summed E-state index contributed by atoms with van der Waals surface area (Å²) in [6.07, 6.45) is 6.03. The average Bonchev–Trinajstić information content (AvgIpc) is 2.84. The number of rotatable bonds is 6. The number of anilines is 1. The number of nitrogens with one attached hydrogen (secondary N) is 1. The van der Waals surface area contributed by atoms with Crippen LogP contribution in [-0.4, -0.2) is 24.3 Å². The number of carbonyl (C=O) groups is 3. The number of furan rings is 1. The Hall–Kier alpha value is -2.11. The van der Waals surface area contributed by atoms with Crippen molar-refractivity contribution < 1.29 is 23.5 Å². The van der Waals surface area contributed by atoms with Crippen molar-refractivity contribution in [3.05, 3.63) is 16.9 Å². The molecule has 1 saturated carbocycles. The third kappa shape index (κ3) is 4.24. The topological polar surface area (TPSA) is 85.6 Å². The molecule has 132 valence electrons. The molecule has 1 N–H and O–H groups in total. The zero-order valence-corrected chi connectivity index (χ0v) is 14.6. The normalized spacial score (nSPS) is 15.1. The largest absolute Gasteiger partial charge is 0.462 e. The highest BCUT2D eigenvalue weighted by molar-refractivity contribution is 6.10. The molecule has 0 unspecified atom stereocenters. The molecule has 1 aliphatic rings. The molecule has 0 radical (unpaired) electrons. The first kappa shape index (κ1) is 18.2. The third-order valence-corrected chi connectivity index (χ3v) is 4.37. The van der Waals surface area contributed by atoms with E-state index in [1.54, 1.807) is 13.8 Å². The van der Waals surface area contributed by atoms with Gasteiger partial charge < -0.3 is 9.15 Å². The van der Waals surface area contributed by atoms with E-state index >= 15 is 0 Å². The zero-order chi connectivity index (χ0) is 17.7. The summed E-state index contributed by atoms with van der Waals surface area (Å²) in [6, 6.07) is 0. The lowest BCUT2D eigenvalue weighted by atomic mass is 9.87. The maximum atomic E-state index is 12.3. The highest BCUT2D eigenvalue weighted by atomic mass is 16.5. The Morgan fingerprint density at radius 2 is 1.83 bits per heavy atom. The summed E-state index contributed by atoms with van der Waals surface area (Å²) in [5, 5.41) is 2.65. The van der Waals surface area contributed by atoms with Gasteiger partial charge in [-0.15, -0.1) is 0 Å². The molecule has 0 saturated heterocycles. The van der Waals surface area contributed by atoms with Gasteiger partial charge in [0.1, 0.15) is 11.3 Å². The molecule has 24 heavy (non-hydrogen) atoms. The molecule has 0 spiro atoms. The van der Waals surface area contributed by atoms with Gasteiger partial charge in [0.15, 0.2) is 5.78 Å². The molecule has 0 aromatic carbocycles. The van der Waals surface area contributed by atoms with Crippen LogP contribution in [0.3, 0.4) is 0 Å². The van der Waals surface area contributed by atoms with Gasteiger partial charge in [0.25, 0.3) is 0 Å². The summed E-state index contributed by atoms with van der Waals surface area (Å²) in [7, 11) is 0. The van der Waals surface area contributed by atoms with Gasteiger partial charge in [-0.2, -0.15) is 0 Å². The van der Waals surface area contributed by atoms with Crippen molar-refractivity contribution >= 4 is 23.5 Å². The van der Waals surface area contributed by atoms with E-state index < -0.39 is 5.97 Å². The van der Waals surface area contributed by atoms with Gasteiger partial charge >= 0.3 is 5.97 Å². The van der Waals surface area contributed by atoms with Crippen LogP contribution in [0.15, 0.2) is 4.42 Å².